The Balaban J connectivity index is 2.35. The Morgan fingerprint density at radius 2 is 2.29 bits per heavy atom. The molecule has 17 heavy (non-hydrogen) atoms. The SMILES string of the molecule is O=c1ccn(C2O[C@H](CI)[C@@H](F)[C@H]2O)c(=O)[nH]1. The van der Waals surface area contributed by atoms with E-state index in [1.807, 2.05) is 27.6 Å². The van der Waals surface area contributed by atoms with Crippen molar-refractivity contribution >= 4 is 22.6 Å². The van der Waals surface area contributed by atoms with Crippen LogP contribution >= 0.6 is 22.6 Å². The highest BCUT2D eigenvalue weighted by atomic mass is 127. The first-order chi connectivity index (χ1) is 8.04. The Morgan fingerprint density at radius 1 is 1.59 bits per heavy atom. The van der Waals surface area contributed by atoms with Crippen LogP contribution in [-0.2, 0) is 4.74 Å². The molecule has 0 radical (unpaired) electrons. The van der Waals surface area contributed by atoms with Crippen molar-refractivity contribution in [2.24, 2.45) is 0 Å². The van der Waals surface area contributed by atoms with Gasteiger partial charge in [-0.25, -0.2) is 9.18 Å². The predicted molar refractivity (Wildman–Crippen MR) is 65.0 cm³/mol. The number of ether oxygens (including phenoxy) is 1. The topological polar surface area (TPSA) is 84.3 Å². The highest BCUT2D eigenvalue weighted by Gasteiger charge is 2.44. The van der Waals surface area contributed by atoms with Gasteiger partial charge in [0, 0.05) is 16.7 Å². The Hall–Kier alpha value is -0.740. The lowest BCUT2D eigenvalue weighted by Gasteiger charge is -2.16. The molecule has 0 bridgehead atoms. The van der Waals surface area contributed by atoms with E-state index in [4.69, 9.17) is 4.74 Å². The van der Waals surface area contributed by atoms with Gasteiger partial charge in [0.25, 0.3) is 5.56 Å². The zero-order valence-corrected chi connectivity index (χ0v) is 10.7. The molecule has 94 valence electrons. The lowest BCUT2D eigenvalue weighted by atomic mass is 10.2. The smallest absolute Gasteiger partial charge is 0.330 e. The number of alkyl halides is 2. The number of aromatic nitrogens is 2. The summed E-state index contributed by atoms with van der Waals surface area (Å²) in [5.41, 5.74) is -1.29. The van der Waals surface area contributed by atoms with Gasteiger partial charge in [-0.1, -0.05) is 22.6 Å². The van der Waals surface area contributed by atoms with E-state index in [9.17, 15) is 19.1 Å². The average molecular weight is 356 g/mol. The van der Waals surface area contributed by atoms with Gasteiger partial charge in [0.2, 0.25) is 0 Å². The van der Waals surface area contributed by atoms with Crippen LogP contribution in [0.2, 0.25) is 0 Å². The van der Waals surface area contributed by atoms with E-state index >= 15 is 0 Å². The fourth-order valence-corrected chi connectivity index (χ4v) is 2.38. The molecule has 0 spiro atoms. The fourth-order valence-electron chi connectivity index (χ4n) is 1.69. The zero-order chi connectivity index (χ0) is 12.6. The maximum Gasteiger partial charge on any atom is 0.330 e. The summed E-state index contributed by atoms with van der Waals surface area (Å²) in [7, 11) is 0. The van der Waals surface area contributed by atoms with Crippen LogP contribution in [0.1, 0.15) is 6.23 Å². The first-order valence-corrected chi connectivity index (χ1v) is 6.42. The summed E-state index contributed by atoms with van der Waals surface area (Å²) in [5.74, 6) is 0. The van der Waals surface area contributed by atoms with Crippen LogP contribution in [-0.4, -0.2) is 37.5 Å². The number of aliphatic hydroxyl groups is 1. The van der Waals surface area contributed by atoms with Gasteiger partial charge in [-0.15, -0.1) is 0 Å². The third kappa shape index (κ3) is 2.29. The number of hydrogen-bond acceptors (Lipinski definition) is 4. The van der Waals surface area contributed by atoms with Gasteiger partial charge in [0.15, 0.2) is 12.4 Å². The number of nitrogens with one attached hydrogen (secondary N) is 1. The van der Waals surface area contributed by atoms with Crippen LogP contribution in [0, 0.1) is 0 Å². The summed E-state index contributed by atoms with van der Waals surface area (Å²) < 4.78 is 20.2. The van der Waals surface area contributed by atoms with Crippen molar-refractivity contribution in [1.82, 2.24) is 9.55 Å². The molecule has 2 N–H and O–H groups in total. The summed E-state index contributed by atoms with van der Waals surface area (Å²) in [6.07, 6.45) is -3.64. The summed E-state index contributed by atoms with van der Waals surface area (Å²) in [4.78, 5) is 24.4. The van der Waals surface area contributed by atoms with Crippen LogP contribution in [0.3, 0.4) is 0 Å². The first-order valence-electron chi connectivity index (χ1n) is 4.89. The van der Waals surface area contributed by atoms with Crippen LogP contribution in [0.25, 0.3) is 0 Å². The summed E-state index contributed by atoms with van der Waals surface area (Å²) in [6, 6.07) is 1.11. The second kappa shape index (κ2) is 4.86. The van der Waals surface area contributed by atoms with Crippen LogP contribution in [0.4, 0.5) is 4.39 Å². The van der Waals surface area contributed by atoms with E-state index in [1.54, 1.807) is 0 Å². The van der Waals surface area contributed by atoms with Crippen molar-refractivity contribution in [3.8, 4) is 0 Å². The summed E-state index contributed by atoms with van der Waals surface area (Å²) in [6.45, 7) is 0. The van der Waals surface area contributed by atoms with Crippen molar-refractivity contribution in [3.05, 3.63) is 33.1 Å². The maximum atomic E-state index is 13.6. The molecule has 2 heterocycles. The lowest BCUT2D eigenvalue weighted by Crippen LogP contribution is -2.36. The molecule has 1 aliphatic rings. The summed E-state index contributed by atoms with van der Waals surface area (Å²) in [5, 5.41) is 9.65. The highest BCUT2D eigenvalue weighted by molar-refractivity contribution is 14.1. The molecule has 1 unspecified atom stereocenters. The maximum absolute atomic E-state index is 13.6. The summed E-state index contributed by atoms with van der Waals surface area (Å²) >= 11 is 1.94. The van der Waals surface area contributed by atoms with Gasteiger partial charge in [-0.3, -0.25) is 14.3 Å². The largest absolute Gasteiger partial charge is 0.385 e. The minimum atomic E-state index is -1.55. The van der Waals surface area contributed by atoms with Gasteiger partial charge in [-0.2, -0.15) is 0 Å². The number of aromatic amines is 1. The molecular formula is C9H10FIN2O4. The van der Waals surface area contributed by atoms with Crippen LogP contribution < -0.4 is 11.2 Å². The van der Waals surface area contributed by atoms with Crippen molar-refractivity contribution in [3.63, 3.8) is 0 Å². The molecular weight excluding hydrogens is 346 g/mol. The molecule has 0 aromatic carbocycles. The Bertz CT molecular complexity index is 516. The van der Waals surface area contributed by atoms with Gasteiger partial charge >= 0.3 is 5.69 Å². The van der Waals surface area contributed by atoms with Crippen molar-refractivity contribution in [2.45, 2.75) is 24.6 Å². The third-order valence-electron chi connectivity index (χ3n) is 2.57. The molecule has 1 saturated heterocycles. The molecule has 1 aromatic rings. The Morgan fingerprint density at radius 3 is 2.82 bits per heavy atom. The van der Waals surface area contributed by atoms with Crippen LogP contribution in [0.15, 0.2) is 21.9 Å². The molecule has 6 nitrogen and oxygen atoms in total. The number of hydrogen-bond donors (Lipinski definition) is 2. The van der Waals surface area contributed by atoms with Crippen molar-refractivity contribution in [2.75, 3.05) is 4.43 Å². The number of halogens is 2. The predicted octanol–water partition coefficient (Wildman–Crippen LogP) is -0.432. The fraction of sp³-hybridized carbons (Fsp3) is 0.556. The van der Waals surface area contributed by atoms with E-state index in [2.05, 4.69) is 0 Å². The van der Waals surface area contributed by atoms with E-state index < -0.39 is 35.9 Å². The molecule has 1 aromatic heterocycles. The Kier molecular flexibility index (Phi) is 3.64. The molecule has 1 aliphatic heterocycles. The molecule has 0 aliphatic carbocycles. The number of aliphatic hydroxyl groups excluding tert-OH is 1. The zero-order valence-electron chi connectivity index (χ0n) is 8.55. The van der Waals surface area contributed by atoms with Crippen molar-refractivity contribution in [1.29, 1.82) is 0 Å². The minimum Gasteiger partial charge on any atom is -0.385 e. The van der Waals surface area contributed by atoms with Gasteiger partial charge < -0.3 is 9.84 Å². The standard InChI is InChI=1S/C9H10FIN2O4/c10-6-4(3-11)17-8(7(6)15)13-2-1-5(14)12-9(13)16/h1-2,4,6-8,15H,3H2,(H,12,14,16)/t4-,6-,7-,8?/m1/s1. The van der Waals surface area contributed by atoms with Crippen LogP contribution in [0.5, 0.6) is 0 Å². The quantitative estimate of drug-likeness (QED) is 0.556. The average Bonchev–Trinajstić information content (AvgIpc) is 2.57. The minimum absolute atomic E-state index is 0.366. The number of H-pyrrole nitrogens is 1. The lowest BCUT2D eigenvalue weighted by molar-refractivity contribution is -0.0331. The van der Waals surface area contributed by atoms with E-state index in [0.717, 1.165) is 10.6 Å². The van der Waals surface area contributed by atoms with Crippen molar-refractivity contribution < 1.29 is 14.2 Å². The molecule has 1 fully saturated rings. The van der Waals surface area contributed by atoms with Gasteiger partial charge in [0.1, 0.15) is 12.2 Å². The second-order valence-electron chi connectivity index (χ2n) is 3.67. The molecule has 0 saturated carbocycles. The third-order valence-corrected chi connectivity index (χ3v) is 3.43. The number of rotatable bonds is 2. The highest BCUT2D eigenvalue weighted by Crippen LogP contribution is 2.31. The number of nitrogens with zero attached hydrogens (tertiary/aromatic N) is 1. The first kappa shape index (κ1) is 12.7. The molecule has 4 atom stereocenters. The normalized spacial score (nSPS) is 32.9. The van der Waals surface area contributed by atoms with E-state index in [-0.39, 0.29) is 0 Å². The molecule has 8 heteroatoms. The molecule has 0 amide bonds. The van der Waals surface area contributed by atoms with E-state index in [1.165, 1.54) is 6.20 Å². The Labute approximate surface area is 109 Å². The second-order valence-corrected chi connectivity index (χ2v) is 4.55. The van der Waals surface area contributed by atoms with E-state index in [0.29, 0.717) is 4.43 Å². The molecule has 2 rings (SSSR count). The monoisotopic (exact) mass is 356 g/mol. The van der Waals surface area contributed by atoms with Gasteiger partial charge in [0.05, 0.1) is 0 Å². The van der Waals surface area contributed by atoms with Gasteiger partial charge in [-0.05, 0) is 0 Å².